The Morgan fingerprint density at radius 3 is 2.58 bits per heavy atom. The molecule has 4 rings (SSSR count). The van der Waals surface area contributed by atoms with Crippen LogP contribution in [0.2, 0.25) is 0 Å². The third-order valence-corrected chi connectivity index (χ3v) is 6.95. The molecule has 0 saturated heterocycles. The van der Waals surface area contributed by atoms with Crippen molar-refractivity contribution in [2.45, 2.75) is 32.1 Å². The van der Waals surface area contributed by atoms with Crippen molar-refractivity contribution in [3.8, 4) is 17.1 Å². The van der Waals surface area contributed by atoms with E-state index in [1.165, 1.54) is 46.4 Å². The third-order valence-electron chi connectivity index (χ3n) is 5.58. The smallest absolute Gasteiger partial charge is 0.277 e. The van der Waals surface area contributed by atoms with Crippen LogP contribution in [0.5, 0.6) is 5.75 Å². The number of nitrogens with zero attached hydrogens (tertiary/aromatic N) is 3. The van der Waals surface area contributed by atoms with Gasteiger partial charge in [-0.2, -0.15) is 0 Å². The van der Waals surface area contributed by atoms with E-state index in [4.69, 9.17) is 9.94 Å². The van der Waals surface area contributed by atoms with Crippen molar-refractivity contribution in [3.05, 3.63) is 76.0 Å². The van der Waals surface area contributed by atoms with E-state index in [9.17, 15) is 18.0 Å². The normalized spacial score (nSPS) is 11.7. The van der Waals surface area contributed by atoms with Gasteiger partial charge in [0.2, 0.25) is 0 Å². The quantitative estimate of drug-likeness (QED) is 0.143. The minimum atomic E-state index is -4.04. The number of nitrogens with one attached hydrogen (secondary N) is 3. The van der Waals surface area contributed by atoms with Crippen molar-refractivity contribution in [1.29, 1.82) is 0 Å². The first-order valence-electron chi connectivity index (χ1n) is 11.7. The maximum absolute atomic E-state index is 13.2. The maximum atomic E-state index is 13.2. The van der Waals surface area contributed by atoms with Gasteiger partial charge in [0.25, 0.3) is 21.5 Å². The molecule has 0 aliphatic heterocycles. The first kappa shape index (κ1) is 26.6. The van der Waals surface area contributed by atoms with Gasteiger partial charge in [0.15, 0.2) is 11.3 Å². The van der Waals surface area contributed by atoms with Gasteiger partial charge < -0.3 is 9.72 Å². The molecule has 0 bridgehead atoms. The van der Waals surface area contributed by atoms with Gasteiger partial charge in [0.1, 0.15) is 11.6 Å². The van der Waals surface area contributed by atoms with E-state index in [1.807, 2.05) is 6.92 Å². The van der Waals surface area contributed by atoms with Gasteiger partial charge >= 0.3 is 0 Å². The van der Waals surface area contributed by atoms with Crippen LogP contribution in [0, 0.1) is 6.92 Å². The van der Waals surface area contributed by atoms with Gasteiger partial charge in [0.05, 0.1) is 22.8 Å². The number of hydrogen-bond donors (Lipinski definition) is 4. The predicted octanol–water partition coefficient (Wildman–Crippen LogP) is 2.67. The molecular weight excluding hydrogens is 512 g/mol. The van der Waals surface area contributed by atoms with Crippen molar-refractivity contribution in [3.63, 3.8) is 0 Å². The molecule has 0 unspecified atom stereocenters. The van der Waals surface area contributed by atoms with Crippen LogP contribution in [0.3, 0.4) is 0 Å². The van der Waals surface area contributed by atoms with Crippen molar-refractivity contribution < 1.29 is 23.2 Å². The summed E-state index contributed by atoms with van der Waals surface area (Å²) >= 11 is 0. The number of carbonyl (C=O) groups excluding carboxylic acids is 1. The summed E-state index contributed by atoms with van der Waals surface area (Å²) in [6.45, 7) is 5.73. The number of ether oxygens (including phenoxy) is 1. The second kappa shape index (κ2) is 10.9. The fraction of sp³-hybridized carbons (Fsp3) is 0.200. The number of sulfonamides is 1. The summed E-state index contributed by atoms with van der Waals surface area (Å²) in [7, 11) is -4.04. The predicted molar refractivity (Wildman–Crippen MR) is 141 cm³/mol. The summed E-state index contributed by atoms with van der Waals surface area (Å²) in [5.74, 6) is 0.402. The molecular formula is C25H26N6O6S. The number of imidazole rings is 1. The van der Waals surface area contributed by atoms with E-state index in [2.05, 4.69) is 19.8 Å². The average Bonchev–Trinajstić information content (AvgIpc) is 3.24. The Labute approximate surface area is 218 Å². The van der Waals surface area contributed by atoms with Crippen LogP contribution < -0.4 is 20.5 Å². The fourth-order valence-electron chi connectivity index (χ4n) is 3.81. The molecule has 38 heavy (non-hydrogen) atoms. The molecule has 0 spiro atoms. The number of benzene rings is 2. The lowest BCUT2D eigenvalue weighted by Crippen LogP contribution is -2.16. The van der Waals surface area contributed by atoms with Crippen LogP contribution in [0.1, 0.15) is 30.9 Å². The zero-order valence-corrected chi connectivity index (χ0v) is 21.7. The molecule has 0 aliphatic rings. The number of rotatable bonds is 9. The minimum Gasteiger partial charge on any atom is -0.493 e. The van der Waals surface area contributed by atoms with E-state index < -0.39 is 21.5 Å². The number of amides is 1. The highest BCUT2D eigenvalue weighted by atomic mass is 32.2. The number of aromatic amines is 1. The largest absolute Gasteiger partial charge is 0.493 e. The lowest BCUT2D eigenvalue weighted by Gasteiger charge is -2.13. The van der Waals surface area contributed by atoms with Crippen molar-refractivity contribution in [2.24, 2.45) is 0 Å². The molecule has 0 atom stereocenters. The minimum absolute atomic E-state index is 0.0696. The number of anilines is 1. The zero-order chi connectivity index (χ0) is 27.4. The van der Waals surface area contributed by atoms with Crippen LogP contribution >= 0.6 is 0 Å². The molecule has 2 aromatic carbocycles. The van der Waals surface area contributed by atoms with Crippen molar-refractivity contribution >= 4 is 33.2 Å². The Bertz CT molecular complexity index is 1690. The SMILES string of the molecule is CCOc1ccc(S(=O)(=O)Nc2ccc(C=CC(=O)NO)cc2)cc1-c1nn2c(CC)nc(C)c2c(=O)[nH]1. The van der Waals surface area contributed by atoms with Gasteiger partial charge in [-0.3, -0.25) is 19.5 Å². The zero-order valence-electron chi connectivity index (χ0n) is 20.8. The molecule has 13 heteroatoms. The number of hydroxylamine groups is 1. The van der Waals surface area contributed by atoms with Crippen LogP contribution in [0.25, 0.3) is 23.0 Å². The van der Waals surface area contributed by atoms with Gasteiger partial charge in [-0.05, 0) is 55.8 Å². The highest BCUT2D eigenvalue weighted by Crippen LogP contribution is 2.31. The molecule has 0 aliphatic carbocycles. The van der Waals surface area contributed by atoms with Crippen LogP contribution in [-0.2, 0) is 21.2 Å². The molecule has 12 nitrogen and oxygen atoms in total. The standard InChI is InChI=1S/C25H26N6O6S/c1-4-21-26-15(3)23-25(33)27-24(28-31(21)23)19-14-18(11-12-20(19)37-5-2)38(35,36)30-17-9-6-16(7-10-17)8-13-22(32)29-34/h6-14,30,34H,4-5H2,1-3H3,(H,29,32)(H,27,28,33). The number of hydrogen-bond acceptors (Lipinski definition) is 8. The second-order valence-corrected chi connectivity index (χ2v) is 9.84. The van der Waals surface area contributed by atoms with Crippen LogP contribution in [0.15, 0.2) is 58.2 Å². The number of H-pyrrole nitrogens is 1. The van der Waals surface area contributed by atoms with E-state index in [-0.39, 0.29) is 10.7 Å². The van der Waals surface area contributed by atoms with Gasteiger partial charge in [0, 0.05) is 18.2 Å². The molecule has 198 valence electrons. The summed E-state index contributed by atoms with van der Waals surface area (Å²) < 4.78 is 36.1. The third kappa shape index (κ3) is 5.43. The molecule has 2 aromatic heterocycles. The molecule has 0 fully saturated rings. The van der Waals surface area contributed by atoms with Crippen molar-refractivity contribution in [2.75, 3.05) is 11.3 Å². The maximum Gasteiger partial charge on any atom is 0.277 e. The molecule has 0 saturated carbocycles. The summed E-state index contributed by atoms with van der Waals surface area (Å²) in [6, 6.07) is 10.6. The van der Waals surface area contributed by atoms with Gasteiger partial charge in [-0.1, -0.05) is 19.1 Å². The van der Waals surface area contributed by atoms with E-state index in [1.54, 1.807) is 26.0 Å². The molecule has 2 heterocycles. The number of aromatic nitrogens is 4. The lowest BCUT2D eigenvalue weighted by atomic mass is 10.2. The first-order chi connectivity index (χ1) is 18.2. The summed E-state index contributed by atoms with van der Waals surface area (Å²) in [6.07, 6.45) is 3.13. The average molecular weight is 539 g/mol. The van der Waals surface area contributed by atoms with Crippen LogP contribution in [0.4, 0.5) is 5.69 Å². The molecule has 4 aromatic rings. The van der Waals surface area contributed by atoms with E-state index in [0.29, 0.717) is 52.6 Å². The van der Waals surface area contributed by atoms with E-state index in [0.717, 1.165) is 6.08 Å². The van der Waals surface area contributed by atoms with Crippen LogP contribution in [-0.4, -0.2) is 45.7 Å². The van der Waals surface area contributed by atoms with E-state index >= 15 is 0 Å². The summed E-state index contributed by atoms with van der Waals surface area (Å²) in [5, 5.41) is 13.1. The Balaban J connectivity index is 1.72. The summed E-state index contributed by atoms with van der Waals surface area (Å²) in [5.41, 5.74) is 3.16. The number of carbonyl (C=O) groups is 1. The number of aryl methyl sites for hydroxylation is 2. The van der Waals surface area contributed by atoms with Gasteiger partial charge in [-0.15, -0.1) is 5.10 Å². The fourth-order valence-corrected chi connectivity index (χ4v) is 4.90. The highest BCUT2D eigenvalue weighted by Gasteiger charge is 2.21. The lowest BCUT2D eigenvalue weighted by molar-refractivity contribution is -0.124. The topological polar surface area (TPSA) is 168 Å². The summed E-state index contributed by atoms with van der Waals surface area (Å²) in [4.78, 5) is 31.1. The molecule has 1 amide bonds. The number of fused-ring (bicyclic) bond motifs is 1. The molecule has 0 radical (unpaired) electrons. The Morgan fingerprint density at radius 1 is 1.18 bits per heavy atom. The van der Waals surface area contributed by atoms with Crippen molar-refractivity contribution in [1.82, 2.24) is 25.1 Å². The van der Waals surface area contributed by atoms with Gasteiger partial charge in [-0.25, -0.2) is 23.4 Å². The first-order valence-corrected chi connectivity index (χ1v) is 13.2. The molecule has 4 N–H and O–H groups in total. The Hall–Kier alpha value is -4.49. The monoisotopic (exact) mass is 538 g/mol. The Kier molecular flexibility index (Phi) is 7.60. The highest BCUT2D eigenvalue weighted by molar-refractivity contribution is 7.92. The second-order valence-electron chi connectivity index (χ2n) is 8.16. The Morgan fingerprint density at radius 2 is 1.92 bits per heavy atom.